The van der Waals surface area contributed by atoms with E-state index in [1.807, 2.05) is 43.9 Å². The monoisotopic (exact) mass is 413 g/mol. The first-order valence-electron chi connectivity index (χ1n) is 9.56. The Balaban J connectivity index is 0.000000994. The fraction of sp³-hybridized carbons (Fsp3) is 0.286. The van der Waals surface area contributed by atoms with Gasteiger partial charge in [-0.2, -0.15) is 4.98 Å². The highest BCUT2D eigenvalue weighted by Crippen LogP contribution is 2.38. The van der Waals surface area contributed by atoms with Gasteiger partial charge in [-0.05, 0) is 30.7 Å². The molecule has 2 aromatic carbocycles. The van der Waals surface area contributed by atoms with Crippen molar-refractivity contribution in [2.75, 3.05) is 18.1 Å². The molecule has 4 aromatic rings. The van der Waals surface area contributed by atoms with Gasteiger partial charge in [0.1, 0.15) is 18.0 Å². The number of ether oxygens (including phenoxy) is 1. The van der Waals surface area contributed by atoms with Crippen molar-refractivity contribution in [3.63, 3.8) is 0 Å². The van der Waals surface area contributed by atoms with Gasteiger partial charge in [-0.3, -0.25) is 4.40 Å². The van der Waals surface area contributed by atoms with Gasteiger partial charge in [0, 0.05) is 17.8 Å². The lowest BCUT2D eigenvalue weighted by atomic mass is 10.1. The smallest absolute Gasteiger partial charge is 0.257 e. The van der Waals surface area contributed by atoms with E-state index < -0.39 is 5.82 Å². The summed E-state index contributed by atoms with van der Waals surface area (Å²) >= 11 is 6.42. The van der Waals surface area contributed by atoms with Crippen LogP contribution >= 0.6 is 11.6 Å². The maximum Gasteiger partial charge on any atom is 0.257 e. The minimum atomic E-state index is -0.396. The molecule has 150 valence electrons. The van der Waals surface area contributed by atoms with Crippen LogP contribution in [0.5, 0.6) is 0 Å². The lowest BCUT2D eigenvalue weighted by Crippen LogP contribution is -2.23. The molecule has 2 aromatic heterocycles. The molecule has 0 spiro atoms. The third-order valence-corrected chi connectivity index (χ3v) is 5.22. The van der Waals surface area contributed by atoms with E-state index in [0.717, 1.165) is 16.8 Å². The van der Waals surface area contributed by atoms with E-state index in [1.54, 1.807) is 4.40 Å². The Kier molecular flexibility index (Phi) is 5.34. The molecule has 29 heavy (non-hydrogen) atoms. The molecule has 3 heterocycles. The fourth-order valence-corrected chi connectivity index (χ4v) is 3.84. The molecule has 0 N–H and O–H groups in total. The number of rotatable bonds is 1. The average molecular weight is 414 g/mol. The molecular weight excluding hydrogens is 393 g/mol. The number of benzene rings is 2. The van der Waals surface area contributed by atoms with Crippen molar-refractivity contribution in [2.24, 2.45) is 0 Å². The second-order valence-corrected chi connectivity index (χ2v) is 6.87. The zero-order valence-electron chi connectivity index (χ0n) is 16.5. The topological polar surface area (TPSA) is 55.5 Å². The SMILES string of the molecule is CC.Cc1cccc2c1COCCN2c1nc2nncn2c2c(Cl)ccc(F)c12. The van der Waals surface area contributed by atoms with Crippen LogP contribution in [0.4, 0.5) is 15.9 Å². The van der Waals surface area contributed by atoms with Crippen LogP contribution in [-0.4, -0.2) is 32.7 Å². The molecule has 0 saturated carbocycles. The molecule has 6 nitrogen and oxygen atoms in total. The number of fused-ring (bicyclic) bond motifs is 4. The van der Waals surface area contributed by atoms with E-state index in [0.29, 0.717) is 47.3 Å². The van der Waals surface area contributed by atoms with Gasteiger partial charge in [0.05, 0.1) is 29.1 Å². The minimum Gasteiger partial charge on any atom is -0.375 e. The number of aryl methyl sites for hydroxylation is 1. The van der Waals surface area contributed by atoms with Crippen LogP contribution in [0.25, 0.3) is 16.7 Å². The molecule has 0 fully saturated rings. The molecule has 5 rings (SSSR count). The summed E-state index contributed by atoms with van der Waals surface area (Å²) in [5.41, 5.74) is 3.63. The first-order valence-corrected chi connectivity index (χ1v) is 9.94. The number of aromatic nitrogens is 4. The highest BCUT2D eigenvalue weighted by molar-refractivity contribution is 6.35. The standard InChI is InChI=1S/C19H15ClFN5O.C2H6/c1-11-3-2-4-15-12(11)9-27-8-7-25(15)18-16-14(21)6-5-13(20)17(16)26-10-22-24-19(26)23-18;1-2/h2-6,10H,7-9H2,1H3;1-2H3. The Labute approximate surface area is 172 Å². The Morgan fingerprint density at radius 1 is 1.17 bits per heavy atom. The molecule has 8 heteroatoms. The zero-order valence-corrected chi connectivity index (χ0v) is 17.2. The predicted octanol–water partition coefficient (Wildman–Crippen LogP) is 5.07. The maximum absolute atomic E-state index is 15.0. The van der Waals surface area contributed by atoms with Gasteiger partial charge in [-0.1, -0.05) is 37.6 Å². The summed E-state index contributed by atoms with van der Waals surface area (Å²) in [6, 6.07) is 8.91. The summed E-state index contributed by atoms with van der Waals surface area (Å²) in [4.78, 5) is 6.60. The van der Waals surface area contributed by atoms with Gasteiger partial charge < -0.3 is 9.64 Å². The Bertz CT molecular complexity index is 1190. The molecule has 0 saturated heterocycles. The van der Waals surface area contributed by atoms with Crippen molar-refractivity contribution < 1.29 is 9.13 Å². The summed E-state index contributed by atoms with van der Waals surface area (Å²) in [6.45, 7) is 7.58. The van der Waals surface area contributed by atoms with Gasteiger partial charge >= 0.3 is 0 Å². The summed E-state index contributed by atoms with van der Waals surface area (Å²) in [6.07, 6.45) is 1.49. The minimum absolute atomic E-state index is 0.337. The van der Waals surface area contributed by atoms with Gasteiger partial charge in [-0.15, -0.1) is 10.2 Å². The van der Waals surface area contributed by atoms with E-state index in [9.17, 15) is 4.39 Å². The average Bonchev–Trinajstić information content (AvgIpc) is 3.10. The van der Waals surface area contributed by atoms with E-state index >= 15 is 0 Å². The largest absolute Gasteiger partial charge is 0.375 e. The Morgan fingerprint density at radius 3 is 2.83 bits per heavy atom. The number of anilines is 2. The predicted molar refractivity (Wildman–Crippen MR) is 112 cm³/mol. The van der Waals surface area contributed by atoms with Crippen LogP contribution in [0.3, 0.4) is 0 Å². The zero-order chi connectivity index (χ0) is 20.5. The van der Waals surface area contributed by atoms with Crippen molar-refractivity contribution >= 4 is 39.8 Å². The van der Waals surface area contributed by atoms with Crippen molar-refractivity contribution in [3.8, 4) is 0 Å². The highest BCUT2D eigenvalue weighted by atomic mass is 35.5. The summed E-state index contributed by atoms with van der Waals surface area (Å²) in [5, 5.41) is 8.72. The fourth-order valence-electron chi connectivity index (χ4n) is 3.60. The molecule has 1 aliphatic heterocycles. The second kappa shape index (κ2) is 7.93. The van der Waals surface area contributed by atoms with Crippen LogP contribution in [0.2, 0.25) is 5.02 Å². The van der Waals surface area contributed by atoms with Crippen molar-refractivity contribution in [1.82, 2.24) is 19.6 Å². The highest BCUT2D eigenvalue weighted by Gasteiger charge is 2.25. The van der Waals surface area contributed by atoms with Crippen LogP contribution in [-0.2, 0) is 11.3 Å². The van der Waals surface area contributed by atoms with Crippen LogP contribution in [0.15, 0.2) is 36.7 Å². The van der Waals surface area contributed by atoms with Crippen molar-refractivity contribution in [2.45, 2.75) is 27.4 Å². The molecule has 0 amide bonds. The molecule has 0 unspecified atom stereocenters. The normalized spacial score (nSPS) is 13.8. The van der Waals surface area contributed by atoms with Gasteiger partial charge in [-0.25, -0.2) is 4.39 Å². The third-order valence-electron chi connectivity index (χ3n) is 4.92. The Morgan fingerprint density at radius 2 is 2.00 bits per heavy atom. The summed E-state index contributed by atoms with van der Waals surface area (Å²) < 4.78 is 22.3. The number of hydrogen-bond acceptors (Lipinski definition) is 5. The van der Waals surface area contributed by atoms with Crippen molar-refractivity contribution in [3.05, 3.63) is 58.6 Å². The number of hydrogen-bond donors (Lipinski definition) is 0. The Hall–Kier alpha value is -2.77. The lowest BCUT2D eigenvalue weighted by molar-refractivity contribution is 0.133. The molecular formula is C21H21ClFN5O. The van der Waals surface area contributed by atoms with E-state index in [1.165, 1.54) is 18.5 Å². The van der Waals surface area contributed by atoms with Crippen LogP contribution < -0.4 is 4.90 Å². The lowest BCUT2D eigenvalue weighted by Gasteiger charge is -2.25. The maximum atomic E-state index is 15.0. The summed E-state index contributed by atoms with van der Waals surface area (Å²) in [7, 11) is 0. The first kappa shape index (κ1) is 19.5. The first-order chi connectivity index (χ1) is 14.1. The number of nitrogens with zero attached hydrogens (tertiary/aromatic N) is 5. The van der Waals surface area contributed by atoms with Crippen LogP contribution in [0.1, 0.15) is 25.0 Å². The molecule has 0 atom stereocenters. The van der Waals surface area contributed by atoms with Gasteiger partial charge in [0.15, 0.2) is 0 Å². The van der Waals surface area contributed by atoms with Crippen molar-refractivity contribution in [1.29, 1.82) is 0 Å². The molecule has 0 bridgehead atoms. The summed E-state index contributed by atoms with van der Waals surface area (Å²) in [5.74, 6) is 0.430. The third kappa shape index (κ3) is 3.20. The number of halogens is 2. The second-order valence-electron chi connectivity index (χ2n) is 6.47. The van der Waals surface area contributed by atoms with Gasteiger partial charge in [0.2, 0.25) is 0 Å². The molecule has 1 aliphatic rings. The molecule has 0 aliphatic carbocycles. The van der Waals surface area contributed by atoms with E-state index in [2.05, 4.69) is 15.2 Å². The van der Waals surface area contributed by atoms with E-state index in [-0.39, 0.29) is 0 Å². The van der Waals surface area contributed by atoms with Gasteiger partial charge in [0.25, 0.3) is 5.78 Å². The van der Waals surface area contributed by atoms with E-state index in [4.69, 9.17) is 16.3 Å². The quantitative estimate of drug-likeness (QED) is 0.436. The molecule has 0 radical (unpaired) electrons. The van der Waals surface area contributed by atoms with Crippen LogP contribution in [0, 0.1) is 12.7 Å².